The molecule has 3 aromatic rings. The number of carbonyl (C=O) groups is 1. The van der Waals surface area contributed by atoms with Crippen LogP contribution in [-0.2, 0) is 13.1 Å². The average Bonchev–Trinajstić information content (AvgIpc) is 3.26. The molecule has 0 saturated carbocycles. The van der Waals surface area contributed by atoms with Crippen molar-refractivity contribution >= 4 is 5.97 Å². The molecule has 0 fully saturated rings. The number of aromatic amines is 1. The van der Waals surface area contributed by atoms with E-state index in [1.165, 1.54) is 11.1 Å². The zero-order chi connectivity index (χ0) is 16.5. The number of rotatable bonds is 4. The predicted octanol–water partition coefficient (Wildman–Crippen LogP) is 1.91. The number of carboxylic acid groups (broad SMARTS) is 1. The van der Waals surface area contributed by atoms with Gasteiger partial charge in [0.25, 0.3) is 0 Å². The third kappa shape index (κ3) is 2.69. The standard InChI is InChI=1S/C17H17N5O2/c23-17(24)15-8-13(19-20-15)10-21-9-12-4-1-2-5-14(12)16(11-21)22-7-3-6-18-22/h1-8,16H,9-11H2,(H,19,20)(H,23,24). The van der Waals surface area contributed by atoms with Crippen LogP contribution >= 0.6 is 0 Å². The van der Waals surface area contributed by atoms with E-state index in [0.717, 1.165) is 18.8 Å². The van der Waals surface area contributed by atoms with Crippen LogP contribution in [0.15, 0.2) is 48.8 Å². The molecular formula is C17H17N5O2. The highest BCUT2D eigenvalue weighted by atomic mass is 16.4. The Morgan fingerprint density at radius 1 is 1.33 bits per heavy atom. The second-order valence-corrected chi connectivity index (χ2v) is 5.95. The predicted molar refractivity (Wildman–Crippen MR) is 86.5 cm³/mol. The van der Waals surface area contributed by atoms with E-state index in [1.807, 2.05) is 23.0 Å². The molecule has 1 unspecified atom stereocenters. The van der Waals surface area contributed by atoms with Gasteiger partial charge in [-0.15, -0.1) is 0 Å². The van der Waals surface area contributed by atoms with Crippen LogP contribution in [0.5, 0.6) is 0 Å². The Balaban J connectivity index is 1.60. The molecule has 2 aromatic heterocycles. The van der Waals surface area contributed by atoms with Crippen molar-refractivity contribution in [2.24, 2.45) is 0 Å². The van der Waals surface area contributed by atoms with Gasteiger partial charge < -0.3 is 5.11 Å². The minimum Gasteiger partial charge on any atom is -0.476 e. The van der Waals surface area contributed by atoms with E-state index in [2.05, 4.69) is 38.4 Å². The lowest BCUT2D eigenvalue weighted by atomic mass is 9.95. The summed E-state index contributed by atoms with van der Waals surface area (Å²) in [5.74, 6) is -1.02. The summed E-state index contributed by atoms with van der Waals surface area (Å²) in [5.41, 5.74) is 3.40. The molecule has 1 aliphatic heterocycles. The summed E-state index contributed by atoms with van der Waals surface area (Å²) >= 11 is 0. The number of aromatic nitrogens is 4. The molecule has 7 nitrogen and oxygen atoms in total. The smallest absolute Gasteiger partial charge is 0.356 e. The molecule has 0 saturated heterocycles. The number of carboxylic acids is 1. The molecule has 1 aromatic carbocycles. The number of H-pyrrole nitrogens is 1. The van der Waals surface area contributed by atoms with Crippen LogP contribution in [0.1, 0.15) is 33.4 Å². The first-order valence-electron chi connectivity index (χ1n) is 7.77. The van der Waals surface area contributed by atoms with Gasteiger partial charge in [-0.1, -0.05) is 24.3 Å². The SMILES string of the molecule is O=C(O)c1cc(CN2Cc3ccccc3C(n3cccn3)C2)[nH]n1. The molecule has 3 heterocycles. The third-order valence-corrected chi connectivity index (χ3v) is 4.33. The Hall–Kier alpha value is -2.93. The first-order valence-corrected chi connectivity index (χ1v) is 7.77. The fraction of sp³-hybridized carbons (Fsp3) is 0.235. The van der Waals surface area contributed by atoms with Crippen molar-refractivity contribution < 1.29 is 9.90 Å². The number of nitrogens with one attached hydrogen (secondary N) is 1. The van der Waals surface area contributed by atoms with Crippen molar-refractivity contribution in [2.75, 3.05) is 6.54 Å². The molecule has 0 bridgehead atoms. The zero-order valence-electron chi connectivity index (χ0n) is 13.0. The molecule has 4 rings (SSSR count). The second kappa shape index (κ2) is 5.93. The molecule has 0 aliphatic carbocycles. The summed E-state index contributed by atoms with van der Waals surface area (Å²) in [6.07, 6.45) is 3.76. The van der Waals surface area contributed by atoms with Gasteiger partial charge in [-0.3, -0.25) is 14.7 Å². The summed E-state index contributed by atoms with van der Waals surface area (Å²) in [7, 11) is 0. The van der Waals surface area contributed by atoms with Crippen molar-refractivity contribution in [3.63, 3.8) is 0 Å². The first-order chi connectivity index (χ1) is 11.7. The van der Waals surface area contributed by atoms with Gasteiger partial charge in [-0.25, -0.2) is 4.79 Å². The maximum atomic E-state index is 11.0. The van der Waals surface area contributed by atoms with Gasteiger partial charge in [-0.05, 0) is 23.3 Å². The van der Waals surface area contributed by atoms with E-state index in [9.17, 15) is 4.79 Å². The van der Waals surface area contributed by atoms with Crippen LogP contribution in [-0.4, -0.2) is 42.5 Å². The maximum absolute atomic E-state index is 11.0. The van der Waals surface area contributed by atoms with Crippen molar-refractivity contribution in [2.45, 2.75) is 19.1 Å². The number of aromatic carboxylic acids is 1. The zero-order valence-corrected chi connectivity index (χ0v) is 13.0. The van der Waals surface area contributed by atoms with Crippen LogP contribution in [0.4, 0.5) is 0 Å². The highest BCUT2D eigenvalue weighted by molar-refractivity contribution is 5.85. The summed E-state index contributed by atoms with van der Waals surface area (Å²) in [6, 6.07) is 12.0. The lowest BCUT2D eigenvalue weighted by Crippen LogP contribution is -2.36. The molecule has 0 amide bonds. The first kappa shape index (κ1) is 14.6. The van der Waals surface area contributed by atoms with E-state index < -0.39 is 5.97 Å². The maximum Gasteiger partial charge on any atom is 0.356 e. The van der Waals surface area contributed by atoms with Crippen molar-refractivity contribution in [1.82, 2.24) is 24.9 Å². The third-order valence-electron chi connectivity index (χ3n) is 4.33. The van der Waals surface area contributed by atoms with Crippen LogP contribution in [0, 0.1) is 0 Å². The van der Waals surface area contributed by atoms with Crippen LogP contribution in [0.3, 0.4) is 0 Å². The van der Waals surface area contributed by atoms with Crippen molar-refractivity contribution in [3.8, 4) is 0 Å². The van der Waals surface area contributed by atoms with Gasteiger partial charge in [0.1, 0.15) is 0 Å². The number of nitrogens with zero attached hydrogens (tertiary/aromatic N) is 4. The highest BCUT2D eigenvalue weighted by Crippen LogP contribution is 2.29. The van der Waals surface area contributed by atoms with Gasteiger partial charge in [0.15, 0.2) is 5.69 Å². The van der Waals surface area contributed by atoms with Gasteiger partial charge in [0.05, 0.1) is 11.7 Å². The molecule has 24 heavy (non-hydrogen) atoms. The van der Waals surface area contributed by atoms with Gasteiger partial charge >= 0.3 is 5.97 Å². The lowest BCUT2D eigenvalue weighted by Gasteiger charge is -2.34. The van der Waals surface area contributed by atoms with E-state index in [4.69, 9.17) is 5.11 Å². The molecule has 0 spiro atoms. The van der Waals surface area contributed by atoms with Gasteiger partial charge in [0.2, 0.25) is 0 Å². The number of hydrogen-bond acceptors (Lipinski definition) is 4. The van der Waals surface area contributed by atoms with E-state index >= 15 is 0 Å². The van der Waals surface area contributed by atoms with Crippen molar-refractivity contribution in [1.29, 1.82) is 0 Å². The molecule has 2 N–H and O–H groups in total. The molecule has 1 atom stereocenters. The highest BCUT2D eigenvalue weighted by Gasteiger charge is 2.27. The molecule has 122 valence electrons. The monoisotopic (exact) mass is 323 g/mol. The summed E-state index contributed by atoms with van der Waals surface area (Å²) < 4.78 is 1.97. The molecule has 0 radical (unpaired) electrons. The quantitative estimate of drug-likeness (QED) is 0.766. The molecule has 7 heteroatoms. The molecule has 1 aliphatic rings. The Morgan fingerprint density at radius 2 is 2.21 bits per heavy atom. The summed E-state index contributed by atoms with van der Waals surface area (Å²) in [6.45, 7) is 2.24. The summed E-state index contributed by atoms with van der Waals surface area (Å²) in [5, 5.41) is 20.0. The second-order valence-electron chi connectivity index (χ2n) is 5.95. The number of benzene rings is 1. The summed E-state index contributed by atoms with van der Waals surface area (Å²) in [4.78, 5) is 13.2. The van der Waals surface area contributed by atoms with Crippen molar-refractivity contribution in [3.05, 3.63) is 71.3 Å². The Morgan fingerprint density at radius 3 is 2.96 bits per heavy atom. The van der Waals surface area contributed by atoms with E-state index in [-0.39, 0.29) is 11.7 Å². The molecular weight excluding hydrogens is 306 g/mol. The number of fused-ring (bicyclic) bond motifs is 1. The lowest BCUT2D eigenvalue weighted by molar-refractivity contribution is 0.0690. The Labute approximate surface area is 138 Å². The van der Waals surface area contributed by atoms with Crippen LogP contribution < -0.4 is 0 Å². The Bertz CT molecular complexity index is 856. The van der Waals surface area contributed by atoms with E-state index in [1.54, 1.807) is 12.3 Å². The fourth-order valence-electron chi connectivity index (χ4n) is 3.26. The fourth-order valence-corrected chi connectivity index (χ4v) is 3.26. The van der Waals surface area contributed by atoms with E-state index in [0.29, 0.717) is 6.54 Å². The van der Waals surface area contributed by atoms with Crippen LogP contribution in [0.2, 0.25) is 0 Å². The van der Waals surface area contributed by atoms with Crippen LogP contribution in [0.25, 0.3) is 0 Å². The van der Waals surface area contributed by atoms with Gasteiger partial charge in [0, 0.05) is 32.0 Å². The van der Waals surface area contributed by atoms with Gasteiger partial charge in [-0.2, -0.15) is 10.2 Å². The number of hydrogen-bond donors (Lipinski definition) is 2. The average molecular weight is 323 g/mol. The minimum absolute atomic E-state index is 0.0473. The normalized spacial score (nSPS) is 17.6. The largest absolute Gasteiger partial charge is 0.476 e. The topological polar surface area (TPSA) is 87.0 Å². The minimum atomic E-state index is -1.02. The Kier molecular flexibility index (Phi) is 3.62.